The lowest BCUT2D eigenvalue weighted by Gasteiger charge is -2.43. The van der Waals surface area contributed by atoms with Crippen LogP contribution in [0.3, 0.4) is 0 Å². The van der Waals surface area contributed by atoms with Gasteiger partial charge in [-0.25, -0.2) is 17.8 Å². The molecule has 0 atom stereocenters. The van der Waals surface area contributed by atoms with E-state index in [1.807, 2.05) is 0 Å². The summed E-state index contributed by atoms with van der Waals surface area (Å²) in [6, 6.07) is 3.37. The van der Waals surface area contributed by atoms with Gasteiger partial charge < -0.3 is 24.8 Å². The summed E-state index contributed by atoms with van der Waals surface area (Å²) >= 11 is 0. The zero-order valence-electron chi connectivity index (χ0n) is 19.0. The number of nitrogens with zero attached hydrogens (tertiary/aromatic N) is 3. The fraction of sp³-hybridized carbons (Fsp3) is 0.455. The molecule has 2 saturated heterocycles. The number of aliphatic hydroxyl groups is 1. The highest BCUT2D eigenvalue weighted by Crippen LogP contribution is 2.31. The second-order valence-electron chi connectivity index (χ2n) is 8.54. The average molecular weight is 495 g/mol. The van der Waals surface area contributed by atoms with Crippen molar-refractivity contribution in [3.8, 4) is 0 Å². The van der Waals surface area contributed by atoms with Gasteiger partial charge in [0, 0.05) is 26.2 Å². The van der Waals surface area contributed by atoms with Crippen molar-refractivity contribution in [2.45, 2.75) is 30.9 Å². The molecule has 0 bridgehead atoms. The molecule has 4 rings (SSSR count). The molecule has 0 radical (unpaired) electrons. The molecule has 1 amide bonds. The van der Waals surface area contributed by atoms with Crippen molar-refractivity contribution in [1.29, 1.82) is 0 Å². The maximum Gasteiger partial charge on any atom is 0.274 e. The van der Waals surface area contributed by atoms with Crippen LogP contribution in [-0.2, 0) is 30.8 Å². The van der Waals surface area contributed by atoms with Gasteiger partial charge in [-0.1, -0.05) is 12.6 Å². The third-order valence-electron chi connectivity index (χ3n) is 5.88. The number of amides is 1. The molecule has 3 aliphatic rings. The number of aliphatic hydroxyl groups excluding tert-OH is 1. The number of hydrogen-bond acceptors (Lipinski definition) is 8. The number of halogens is 1. The SMILES string of the molecule is C=C1C(O)=C(C(=O)NCc2ccc(F)cc2S(=O)(=O)N2CCOCC2)N=C2N1CCOC2(C)C. The van der Waals surface area contributed by atoms with E-state index >= 15 is 0 Å². The summed E-state index contributed by atoms with van der Waals surface area (Å²) in [6.45, 7) is 8.87. The summed E-state index contributed by atoms with van der Waals surface area (Å²) in [7, 11) is -4.00. The molecular formula is C22H27FN4O6S. The van der Waals surface area contributed by atoms with Crippen molar-refractivity contribution in [2.24, 2.45) is 4.99 Å². The lowest BCUT2D eigenvalue weighted by atomic mass is 10.0. The average Bonchev–Trinajstić information content (AvgIpc) is 2.81. The molecule has 34 heavy (non-hydrogen) atoms. The summed E-state index contributed by atoms with van der Waals surface area (Å²) in [5, 5.41) is 13.2. The molecule has 2 fully saturated rings. The molecule has 0 saturated carbocycles. The van der Waals surface area contributed by atoms with E-state index in [4.69, 9.17) is 9.47 Å². The Morgan fingerprint density at radius 2 is 1.97 bits per heavy atom. The summed E-state index contributed by atoms with van der Waals surface area (Å²) in [4.78, 5) is 18.7. The second kappa shape index (κ2) is 9.10. The zero-order chi connectivity index (χ0) is 24.7. The number of ether oxygens (including phenoxy) is 2. The molecule has 1 aromatic carbocycles. The Bertz CT molecular complexity index is 1190. The highest BCUT2D eigenvalue weighted by Gasteiger charge is 2.41. The first-order valence-electron chi connectivity index (χ1n) is 10.8. The first-order valence-corrected chi connectivity index (χ1v) is 12.2. The van der Waals surface area contributed by atoms with Crippen LogP contribution in [0.25, 0.3) is 0 Å². The van der Waals surface area contributed by atoms with E-state index < -0.39 is 27.3 Å². The van der Waals surface area contributed by atoms with Gasteiger partial charge in [0.15, 0.2) is 11.5 Å². The largest absolute Gasteiger partial charge is 0.504 e. The van der Waals surface area contributed by atoms with E-state index in [1.165, 1.54) is 10.4 Å². The number of nitrogens with one attached hydrogen (secondary N) is 1. The molecular weight excluding hydrogens is 467 g/mol. The highest BCUT2D eigenvalue weighted by molar-refractivity contribution is 7.89. The second-order valence-corrected chi connectivity index (χ2v) is 10.4. The standard InChI is InChI=1S/C22H27FN4O6S/c1-14-19(28)18(25-21-22(2,3)33-11-8-27(14)21)20(29)24-13-15-4-5-16(23)12-17(15)34(30,31)26-6-9-32-10-7-26/h4-5,12,28H,1,6-11,13H2,2-3H3,(H,24,29). The van der Waals surface area contributed by atoms with Gasteiger partial charge in [0.1, 0.15) is 17.3 Å². The van der Waals surface area contributed by atoms with E-state index in [9.17, 15) is 22.7 Å². The number of fused-ring (bicyclic) bond motifs is 1. The van der Waals surface area contributed by atoms with Crippen molar-refractivity contribution in [3.63, 3.8) is 0 Å². The molecule has 2 N–H and O–H groups in total. The van der Waals surface area contributed by atoms with E-state index in [2.05, 4.69) is 16.9 Å². The zero-order valence-corrected chi connectivity index (χ0v) is 19.8. The Morgan fingerprint density at radius 1 is 1.26 bits per heavy atom. The third kappa shape index (κ3) is 4.45. The number of benzene rings is 1. The van der Waals surface area contributed by atoms with Crippen LogP contribution in [0.4, 0.5) is 4.39 Å². The molecule has 0 spiro atoms. The number of aliphatic imine (C=N–C) groups is 1. The van der Waals surface area contributed by atoms with E-state index in [1.54, 1.807) is 18.7 Å². The quantitative estimate of drug-likeness (QED) is 0.632. The highest BCUT2D eigenvalue weighted by atomic mass is 32.2. The number of morpholine rings is 2. The summed E-state index contributed by atoms with van der Waals surface area (Å²) in [5.41, 5.74) is -0.631. The number of rotatable bonds is 5. The van der Waals surface area contributed by atoms with E-state index in [-0.39, 0.29) is 60.5 Å². The van der Waals surface area contributed by atoms with Crippen LogP contribution in [-0.4, -0.2) is 79.5 Å². The molecule has 3 heterocycles. The minimum Gasteiger partial charge on any atom is -0.504 e. The number of hydrogen-bond donors (Lipinski definition) is 2. The van der Waals surface area contributed by atoms with Gasteiger partial charge in [-0.3, -0.25) is 4.79 Å². The lowest BCUT2D eigenvalue weighted by molar-refractivity contribution is -0.118. The van der Waals surface area contributed by atoms with Gasteiger partial charge in [0.05, 0.1) is 30.4 Å². The summed E-state index contributed by atoms with van der Waals surface area (Å²) in [6.07, 6.45) is 0. The Kier molecular flexibility index (Phi) is 6.51. The molecule has 3 aliphatic heterocycles. The first kappa shape index (κ1) is 24.3. The van der Waals surface area contributed by atoms with Crippen molar-refractivity contribution in [1.82, 2.24) is 14.5 Å². The van der Waals surface area contributed by atoms with Gasteiger partial charge in [-0.15, -0.1) is 0 Å². The van der Waals surface area contributed by atoms with E-state index in [0.717, 1.165) is 12.1 Å². The molecule has 184 valence electrons. The van der Waals surface area contributed by atoms with Crippen LogP contribution >= 0.6 is 0 Å². The molecule has 0 aromatic heterocycles. The van der Waals surface area contributed by atoms with E-state index in [0.29, 0.717) is 19.0 Å². The van der Waals surface area contributed by atoms with Gasteiger partial charge in [-0.2, -0.15) is 4.31 Å². The Morgan fingerprint density at radius 3 is 2.68 bits per heavy atom. The predicted octanol–water partition coefficient (Wildman–Crippen LogP) is 1.27. The number of carbonyl (C=O) groups excluding carboxylic acids is 1. The Balaban J connectivity index is 1.59. The smallest absolute Gasteiger partial charge is 0.274 e. The minimum atomic E-state index is -4.00. The van der Waals surface area contributed by atoms with Crippen LogP contribution in [0.1, 0.15) is 19.4 Å². The van der Waals surface area contributed by atoms with Crippen LogP contribution in [0.15, 0.2) is 51.8 Å². The van der Waals surface area contributed by atoms with Gasteiger partial charge in [-0.05, 0) is 31.5 Å². The third-order valence-corrected chi connectivity index (χ3v) is 7.87. The maximum atomic E-state index is 14.0. The van der Waals surface area contributed by atoms with Gasteiger partial charge >= 0.3 is 0 Å². The Hall–Kier alpha value is -2.80. The molecule has 0 aliphatic carbocycles. The molecule has 0 unspecified atom stereocenters. The Labute approximate surface area is 197 Å². The van der Waals surface area contributed by atoms with Gasteiger partial charge in [0.2, 0.25) is 10.0 Å². The van der Waals surface area contributed by atoms with Crippen molar-refractivity contribution in [3.05, 3.63) is 53.3 Å². The topological polar surface area (TPSA) is 121 Å². The number of amidine groups is 1. The summed E-state index contributed by atoms with van der Waals surface area (Å²) in [5.74, 6) is -1.38. The minimum absolute atomic E-state index is 0.152. The monoisotopic (exact) mass is 494 g/mol. The molecule has 10 nitrogen and oxygen atoms in total. The van der Waals surface area contributed by atoms with Crippen LogP contribution < -0.4 is 5.32 Å². The van der Waals surface area contributed by atoms with Crippen LogP contribution in [0.2, 0.25) is 0 Å². The molecule has 1 aromatic rings. The summed E-state index contributed by atoms with van der Waals surface area (Å²) < 4.78 is 52.4. The van der Waals surface area contributed by atoms with Crippen molar-refractivity contribution < 1.29 is 32.2 Å². The van der Waals surface area contributed by atoms with Crippen molar-refractivity contribution in [2.75, 3.05) is 39.5 Å². The van der Waals surface area contributed by atoms with Crippen LogP contribution in [0.5, 0.6) is 0 Å². The first-order chi connectivity index (χ1) is 16.0. The maximum absolute atomic E-state index is 14.0. The number of carbonyl (C=O) groups is 1. The fourth-order valence-electron chi connectivity index (χ4n) is 4.03. The normalized spacial score (nSPS) is 21.2. The lowest BCUT2D eigenvalue weighted by Crippen LogP contribution is -2.54. The fourth-order valence-corrected chi connectivity index (χ4v) is 5.67. The predicted molar refractivity (Wildman–Crippen MR) is 121 cm³/mol. The molecule has 12 heteroatoms. The van der Waals surface area contributed by atoms with Crippen molar-refractivity contribution >= 4 is 21.8 Å². The van der Waals surface area contributed by atoms with Gasteiger partial charge in [0.25, 0.3) is 5.91 Å². The van der Waals surface area contributed by atoms with Crippen LogP contribution in [0, 0.1) is 5.82 Å². The number of sulfonamides is 1.